The van der Waals surface area contributed by atoms with Gasteiger partial charge in [0.2, 0.25) is 5.91 Å². The number of aromatic carboxylic acids is 1. The standard InChI is InChI=1S/C15H19N3O4/c1-18-9-11(6-13(18)19)8-17-15(22)16-7-10-2-4-12(5-3-10)14(20)21/h2-5,11H,6-9H2,1H3,(H,20,21)(H2,16,17,22). The Morgan fingerprint density at radius 3 is 2.50 bits per heavy atom. The van der Waals surface area contributed by atoms with Crippen molar-refractivity contribution in [2.45, 2.75) is 13.0 Å². The number of likely N-dealkylation sites (tertiary alicyclic amines) is 1. The van der Waals surface area contributed by atoms with E-state index in [1.165, 1.54) is 12.1 Å². The fourth-order valence-corrected chi connectivity index (χ4v) is 2.34. The molecule has 0 spiro atoms. The van der Waals surface area contributed by atoms with Crippen molar-refractivity contribution in [1.29, 1.82) is 0 Å². The zero-order chi connectivity index (χ0) is 16.1. The summed E-state index contributed by atoms with van der Waals surface area (Å²) in [7, 11) is 1.75. The van der Waals surface area contributed by atoms with Gasteiger partial charge in [-0.15, -0.1) is 0 Å². The molecule has 7 heteroatoms. The molecule has 3 amide bonds. The van der Waals surface area contributed by atoms with E-state index in [0.29, 0.717) is 26.1 Å². The van der Waals surface area contributed by atoms with Gasteiger partial charge in [0.05, 0.1) is 5.56 Å². The van der Waals surface area contributed by atoms with Crippen LogP contribution >= 0.6 is 0 Å². The topological polar surface area (TPSA) is 98.7 Å². The van der Waals surface area contributed by atoms with Gasteiger partial charge in [0.15, 0.2) is 0 Å². The fourth-order valence-electron chi connectivity index (χ4n) is 2.34. The van der Waals surface area contributed by atoms with Crippen molar-refractivity contribution in [2.75, 3.05) is 20.1 Å². The molecule has 0 aromatic heterocycles. The van der Waals surface area contributed by atoms with Crippen LogP contribution in [0.5, 0.6) is 0 Å². The van der Waals surface area contributed by atoms with Crippen molar-refractivity contribution in [3.8, 4) is 0 Å². The molecule has 1 unspecified atom stereocenters. The first-order chi connectivity index (χ1) is 10.5. The Kier molecular flexibility index (Phi) is 4.98. The molecule has 2 rings (SSSR count). The molecule has 22 heavy (non-hydrogen) atoms. The highest BCUT2D eigenvalue weighted by Gasteiger charge is 2.26. The number of nitrogens with zero attached hydrogens (tertiary/aromatic N) is 1. The third-order valence-corrected chi connectivity index (χ3v) is 3.63. The number of carbonyl (C=O) groups is 3. The molecular formula is C15H19N3O4. The number of carboxylic acid groups (broad SMARTS) is 1. The van der Waals surface area contributed by atoms with E-state index in [0.717, 1.165) is 5.56 Å². The largest absolute Gasteiger partial charge is 0.478 e. The van der Waals surface area contributed by atoms with E-state index >= 15 is 0 Å². The molecule has 0 bridgehead atoms. The first-order valence-corrected chi connectivity index (χ1v) is 7.03. The number of benzene rings is 1. The maximum absolute atomic E-state index is 11.7. The van der Waals surface area contributed by atoms with E-state index in [1.54, 1.807) is 24.1 Å². The maximum Gasteiger partial charge on any atom is 0.335 e. The highest BCUT2D eigenvalue weighted by atomic mass is 16.4. The van der Waals surface area contributed by atoms with Crippen molar-refractivity contribution >= 4 is 17.9 Å². The van der Waals surface area contributed by atoms with E-state index in [4.69, 9.17) is 5.11 Å². The summed E-state index contributed by atoms with van der Waals surface area (Å²) >= 11 is 0. The molecule has 1 atom stereocenters. The van der Waals surface area contributed by atoms with Crippen molar-refractivity contribution in [2.24, 2.45) is 5.92 Å². The third kappa shape index (κ3) is 4.21. The van der Waals surface area contributed by atoms with Crippen LogP contribution in [0.4, 0.5) is 4.79 Å². The molecule has 1 aromatic carbocycles. The molecule has 1 aliphatic rings. The molecule has 3 N–H and O–H groups in total. The Balaban J connectivity index is 1.71. The van der Waals surface area contributed by atoms with Gasteiger partial charge in [-0.05, 0) is 17.7 Å². The summed E-state index contributed by atoms with van der Waals surface area (Å²) in [5.74, 6) is -0.725. The second-order valence-corrected chi connectivity index (χ2v) is 5.41. The molecule has 1 fully saturated rings. The van der Waals surface area contributed by atoms with Gasteiger partial charge >= 0.3 is 12.0 Å². The van der Waals surface area contributed by atoms with Crippen LogP contribution in [0.25, 0.3) is 0 Å². The zero-order valence-corrected chi connectivity index (χ0v) is 12.3. The SMILES string of the molecule is CN1CC(CNC(=O)NCc2ccc(C(=O)O)cc2)CC1=O. The third-order valence-electron chi connectivity index (χ3n) is 3.63. The molecule has 1 aliphatic heterocycles. The number of carbonyl (C=O) groups excluding carboxylic acids is 2. The Labute approximate surface area is 128 Å². The van der Waals surface area contributed by atoms with Crippen LogP contribution in [-0.2, 0) is 11.3 Å². The van der Waals surface area contributed by atoms with E-state index in [2.05, 4.69) is 10.6 Å². The highest BCUT2D eigenvalue weighted by molar-refractivity contribution is 5.87. The number of urea groups is 1. The van der Waals surface area contributed by atoms with Crippen LogP contribution in [0.1, 0.15) is 22.3 Å². The quantitative estimate of drug-likeness (QED) is 0.744. The molecule has 118 valence electrons. The summed E-state index contributed by atoms with van der Waals surface area (Å²) in [5, 5.41) is 14.2. The molecule has 1 heterocycles. The lowest BCUT2D eigenvalue weighted by molar-refractivity contribution is -0.126. The van der Waals surface area contributed by atoms with Crippen LogP contribution in [0.3, 0.4) is 0 Å². The maximum atomic E-state index is 11.7. The number of hydrogen-bond acceptors (Lipinski definition) is 3. The summed E-state index contributed by atoms with van der Waals surface area (Å²) in [6.07, 6.45) is 0.466. The minimum Gasteiger partial charge on any atom is -0.478 e. The molecule has 0 saturated carbocycles. The monoisotopic (exact) mass is 305 g/mol. The Morgan fingerprint density at radius 2 is 1.95 bits per heavy atom. The van der Waals surface area contributed by atoms with Crippen LogP contribution in [-0.4, -0.2) is 48.1 Å². The average Bonchev–Trinajstić information content (AvgIpc) is 2.82. The van der Waals surface area contributed by atoms with Gasteiger partial charge in [-0.1, -0.05) is 12.1 Å². The van der Waals surface area contributed by atoms with Crippen LogP contribution in [0.2, 0.25) is 0 Å². The molecule has 1 saturated heterocycles. The predicted molar refractivity (Wildman–Crippen MR) is 79.4 cm³/mol. The summed E-state index contributed by atoms with van der Waals surface area (Å²) in [6, 6.07) is 6.02. The van der Waals surface area contributed by atoms with E-state index in [9.17, 15) is 14.4 Å². The second-order valence-electron chi connectivity index (χ2n) is 5.41. The zero-order valence-electron chi connectivity index (χ0n) is 12.3. The number of amides is 3. The molecule has 0 aliphatic carbocycles. The van der Waals surface area contributed by atoms with Crippen molar-refractivity contribution in [3.63, 3.8) is 0 Å². The Hall–Kier alpha value is -2.57. The van der Waals surface area contributed by atoms with E-state index in [-0.39, 0.29) is 23.4 Å². The van der Waals surface area contributed by atoms with Crippen molar-refractivity contribution in [3.05, 3.63) is 35.4 Å². The van der Waals surface area contributed by atoms with Gasteiger partial charge in [0.25, 0.3) is 0 Å². The van der Waals surface area contributed by atoms with Gasteiger partial charge in [-0.3, -0.25) is 4.79 Å². The van der Waals surface area contributed by atoms with Gasteiger partial charge < -0.3 is 20.6 Å². The van der Waals surface area contributed by atoms with Crippen molar-refractivity contribution < 1.29 is 19.5 Å². The normalized spacial score (nSPS) is 17.4. The number of rotatable bonds is 5. The van der Waals surface area contributed by atoms with Crippen molar-refractivity contribution in [1.82, 2.24) is 15.5 Å². The summed E-state index contributed by atoms with van der Waals surface area (Å²) in [6.45, 7) is 1.44. The molecule has 1 aromatic rings. The molecule has 7 nitrogen and oxygen atoms in total. The lowest BCUT2D eigenvalue weighted by Crippen LogP contribution is -2.38. The highest BCUT2D eigenvalue weighted by Crippen LogP contribution is 2.14. The lowest BCUT2D eigenvalue weighted by atomic mass is 10.1. The number of carboxylic acids is 1. The van der Waals surface area contributed by atoms with E-state index < -0.39 is 5.97 Å². The Bertz CT molecular complexity index is 571. The predicted octanol–water partition coefficient (Wildman–Crippen LogP) is 0.662. The van der Waals surface area contributed by atoms with Crippen LogP contribution in [0, 0.1) is 5.92 Å². The second kappa shape index (κ2) is 6.93. The first-order valence-electron chi connectivity index (χ1n) is 7.03. The first kappa shape index (κ1) is 15.8. The number of nitrogens with one attached hydrogen (secondary N) is 2. The minimum atomic E-state index is -0.978. The smallest absolute Gasteiger partial charge is 0.335 e. The summed E-state index contributed by atoms with van der Waals surface area (Å²) in [5.41, 5.74) is 1.03. The number of hydrogen-bond donors (Lipinski definition) is 3. The van der Waals surface area contributed by atoms with E-state index in [1.807, 2.05) is 0 Å². The molecular weight excluding hydrogens is 286 g/mol. The van der Waals surface area contributed by atoms with Gasteiger partial charge in [-0.25, -0.2) is 9.59 Å². The fraction of sp³-hybridized carbons (Fsp3) is 0.400. The van der Waals surface area contributed by atoms with Gasteiger partial charge in [0.1, 0.15) is 0 Å². The lowest BCUT2D eigenvalue weighted by Gasteiger charge is -2.12. The van der Waals surface area contributed by atoms with Gasteiger partial charge in [-0.2, -0.15) is 0 Å². The molecule has 0 radical (unpaired) electrons. The minimum absolute atomic E-state index is 0.103. The summed E-state index contributed by atoms with van der Waals surface area (Å²) < 4.78 is 0. The van der Waals surface area contributed by atoms with Gasteiger partial charge in [0, 0.05) is 39.0 Å². The van der Waals surface area contributed by atoms with Crippen LogP contribution in [0.15, 0.2) is 24.3 Å². The average molecular weight is 305 g/mol. The Morgan fingerprint density at radius 1 is 1.27 bits per heavy atom. The van der Waals surface area contributed by atoms with Crippen LogP contribution < -0.4 is 10.6 Å². The summed E-state index contributed by atoms with van der Waals surface area (Å²) in [4.78, 5) is 35.5.